The van der Waals surface area contributed by atoms with Crippen molar-refractivity contribution >= 4 is 23.4 Å². The van der Waals surface area contributed by atoms with E-state index >= 15 is 0 Å². The number of rotatable bonds is 8. The van der Waals surface area contributed by atoms with Gasteiger partial charge in [-0.2, -0.15) is 0 Å². The highest BCUT2D eigenvalue weighted by atomic mass is 19.1. The van der Waals surface area contributed by atoms with Crippen molar-refractivity contribution in [2.24, 2.45) is 0 Å². The van der Waals surface area contributed by atoms with Crippen LogP contribution in [0, 0.1) is 5.82 Å². The normalized spacial score (nSPS) is 17.7. The molecule has 1 aromatic carbocycles. The molecule has 38 heavy (non-hydrogen) atoms. The molecule has 6 rings (SSSR count). The number of aromatic nitrogens is 4. The van der Waals surface area contributed by atoms with Gasteiger partial charge in [-0.05, 0) is 54.8 Å². The van der Waals surface area contributed by atoms with Crippen LogP contribution in [0.1, 0.15) is 24.4 Å². The van der Waals surface area contributed by atoms with Crippen LogP contribution >= 0.6 is 0 Å². The van der Waals surface area contributed by atoms with Crippen LogP contribution in [0.25, 0.3) is 17.0 Å². The predicted molar refractivity (Wildman–Crippen MR) is 142 cm³/mol. The van der Waals surface area contributed by atoms with Gasteiger partial charge in [0.2, 0.25) is 0 Å². The molecule has 1 unspecified atom stereocenters. The summed E-state index contributed by atoms with van der Waals surface area (Å²) in [6.07, 6.45) is 2.75. The van der Waals surface area contributed by atoms with Crippen LogP contribution in [0.4, 0.5) is 20.8 Å². The summed E-state index contributed by atoms with van der Waals surface area (Å²) in [5.41, 5.74) is 3.29. The van der Waals surface area contributed by atoms with E-state index in [1.807, 2.05) is 40.9 Å². The van der Waals surface area contributed by atoms with E-state index in [1.165, 1.54) is 6.07 Å². The number of fused-ring (bicyclic) bond motifs is 1. The summed E-state index contributed by atoms with van der Waals surface area (Å²) < 4.78 is 15.7. The summed E-state index contributed by atoms with van der Waals surface area (Å²) in [7, 11) is 0. The number of amides is 1. The van der Waals surface area contributed by atoms with Gasteiger partial charge in [0.25, 0.3) is 0 Å². The van der Waals surface area contributed by atoms with E-state index in [0.717, 1.165) is 66.7 Å². The molecule has 1 atom stereocenters. The van der Waals surface area contributed by atoms with Crippen LogP contribution in [-0.2, 0) is 0 Å². The first-order chi connectivity index (χ1) is 18.5. The Balaban J connectivity index is 1.19. The number of nitrogens with one attached hydrogen (secondary N) is 2. The molecule has 2 fully saturated rings. The lowest BCUT2D eigenvalue weighted by molar-refractivity contribution is 0.194. The molecule has 0 spiro atoms. The van der Waals surface area contributed by atoms with Crippen molar-refractivity contribution in [1.29, 1.82) is 0 Å². The molecule has 4 aromatic rings. The SMILES string of the molecule is O=C(O)NCCNC1CN(c2cccc(-c3cnc4ccc(N5CCCC5c5cccc(F)c5)nn34)n2)C1. The number of anilines is 2. The van der Waals surface area contributed by atoms with Gasteiger partial charge < -0.3 is 25.5 Å². The Labute approximate surface area is 219 Å². The third kappa shape index (κ3) is 4.84. The summed E-state index contributed by atoms with van der Waals surface area (Å²) in [6.45, 7) is 3.42. The Morgan fingerprint density at radius 3 is 2.79 bits per heavy atom. The first-order valence-corrected chi connectivity index (χ1v) is 12.8. The van der Waals surface area contributed by atoms with Gasteiger partial charge in [-0.1, -0.05) is 18.2 Å². The van der Waals surface area contributed by atoms with Gasteiger partial charge in [0.15, 0.2) is 5.65 Å². The number of hydrogen-bond donors (Lipinski definition) is 3. The summed E-state index contributed by atoms with van der Waals surface area (Å²) in [6, 6.07) is 17.1. The second kappa shape index (κ2) is 10.3. The second-order valence-electron chi connectivity index (χ2n) is 9.68. The lowest BCUT2D eigenvalue weighted by Crippen LogP contribution is -2.59. The molecule has 5 heterocycles. The lowest BCUT2D eigenvalue weighted by Gasteiger charge is -2.40. The van der Waals surface area contributed by atoms with Crippen molar-refractivity contribution in [2.75, 3.05) is 42.5 Å². The number of halogens is 1. The van der Waals surface area contributed by atoms with Crippen LogP contribution in [0.5, 0.6) is 0 Å². The van der Waals surface area contributed by atoms with Crippen LogP contribution in [-0.4, -0.2) is 69.5 Å². The van der Waals surface area contributed by atoms with E-state index in [-0.39, 0.29) is 11.9 Å². The van der Waals surface area contributed by atoms with Crippen LogP contribution in [0.3, 0.4) is 0 Å². The average Bonchev–Trinajstić information content (AvgIpc) is 3.54. The lowest BCUT2D eigenvalue weighted by atomic mass is 10.0. The number of carbonyl (C=O) groups is 1. The Hall–Kier alpha value is -4.25. The first-order valence-electron chi connectivity index (χ1n) is 12.8. The van der Waals surface area contributed by atoms with Crippen LogP contribution in [0.2, 0.25) is 0 Å². The van der Waals surface area contributed by atoms with Crippen molar-refractivity contribution in [3.8, 4) is 11.4 Å². The molecule has 10 nitrogen and oxygen atoms in total. The van der Waals surface area contributed by atoms with Gasteiger partial charge in [-0.3, -0.25) is 0 Å². The number of benzene rings is 1. The van der Waals surface area contributed by atoms with E-state index in [4.69, 9.17) is 15.2 Å². The van der Waals surface area contributed by atoms with E-state index in [1.54, 1.807) is 18.3 Å². The molecule has 2 aliphatic rings. The number of imidazole rings is 1. The highest BCUT2D eigenvalue weighted by molar-refractivity contribution is 5.64. The zero-order valence-corrected chi connectivity index (χ0v) is 20.8. The number of hydrogen-bond acceptors (Lipinski definition) is 7. The molecule has 196 valence electrons. The molecule has 0 aliphatic carbocycles. The third-order valence-corrected chi connectivity index (χ3v) is 7.17. The van der Waals surface area contributed by atoms with Crippen molar-refractivity contribution in [2.45, 2.75) is 24.9 Å². The summed E-state index contributed by atoms with van der Waals surface area (Å²) in [5.74, 6) is 1.48. The van der Waals surface area contributed by atoms with E-state index in [2.05, 4.69) is 25.4 Å². The Morgan fingerprint density at radius 2 is 1.95 bits per heavy atom. The van der Waals surface area contributed by atoms with Gasteiger partial charge in [0.1, 0.15) is 23.1 Å². The molecule has 2 aliphatic heterocycles. The molecule has 0 bridgehead atoms. The maximum Gasteiger partial charge on any atom is 0.404 e. The van der Waals surface area contributed by atoms with Crippen molar-refractivity contribution < 1.29 is 14.3 Å². The Morgan fingerprint density at radius 1 is 1.08 bits per heavy atom. The fraction of sp³-hybridized carbons (Fsp3) is 0.333. The monoisotopic (exact) mass is 516 g/mol. The molecule has 0 saturated carbocycles. The zero-order chi connectivity index (χ0) is 26.1. The molecular weight excluding hydrogens is 487 g/mol. The third-order valence-electron chi connectivity index (χ3n) is 7.17. The quantitative estimate of drug-likeness (QED) is 0.306. The highest BCUT2D eigenvalue weighted by Crippen LogP contribution is 2.35. The topological polar surface area (TPSA) is 111 Å². The van der Waals surface area contributed by atoms with Crippen LogP contribution in [0.15, 0.2) is 60.8 Å². The number of pyridine rings is 1. The fourth-order valence-electron chi connectivity index (χ4n) is 5.28. The summed E-state index contributed by atoms with van der Waals surface area (Å²) >= 11 is 0. The highest BCUT2D eigenvalue weighted by Gasteiger charge is 2.29. The van der Waals surface area contributed by atoms with Crippen LogP contribution < -0.4 is 20.4 Å². The molecule has 11 heteroatoms. The maximum absolute atomic E-state index is 13.9. The molecule has 3 aromatic heterocycles. The molecule has 1 amide bonds. The first kappa shape index (κ1) is 24.1. The minimum absolute atomic E-state index is 0.0805. The predicted octanol–water partition coefficient (Wildman–Crippen LogP) is 3.32. The van der Waals surface area contributed by atoms with Crippen molar-refractivity contribution in [1.82, 2.24) is 30.2 Å². The van der Waals surface area contributed by atoms with Gasteiger partial charge in [0.05, 0.1) is 17.9 Å². The smallest absolute Gasteiger partial charge is 0.404 e. The van der Waals surface area contributed by atoms with Crippen molar-refractivity contribution in [3.63, 3.8) is 0 Å². The maximum atomic E-state index is 13.9. The summed E-state index contributed by atoms with van der Waals surface area (Å²) in [5, 5.41) is 19.3. The largest absolute Gasteiger partial charge is 0.465 e. The zero-order valence-electron chi connectivity index (χ0n) is 20.8. The minimum Gasteiger partial charge on any atom is -0.465 e. The van der Waals surface area contributed by atoms with Gasteiger partial charge in [-0.25, -0.2) is 23.7 Å². The number of nitrogens with zero attached hydrogens (tertiary/aromatic N) is 6. The van der Waals surface area contributed by atoms with Crippen molar-refractivity contribution in [3.05, 3.63) is 72.2 Å². The average molecular weight is 517 g/mol. The summed E-state index contributed by atoms with van der Waals surface area (Å²) in [4.78, 5) is 24.4. The molecule has 2 saturated heterocycles. The van der Waals surface area contributed by atoms with E-state index in [0.29, 0.717) is 19.1 Å². The van der Waals surface area contributed by atoms with E-state index < -0.39 is 6.09 Å². The van der Waals surface area contributed by atoms with Gasteiger partial charge in [0, 0.05) is 38.8 Å². The standard InChI is InChI=1S/C27H29FN8O2/c28-19-5-1-4-18(14-19)22-7-3-13-35(22)26-10-9-24-31-15-23(36(24)33-26)21-6-2-8-25(32-21)34-16-20(17-34)29-11-12-30-27(37)38/h1-2,4-6,8-10,14-15,20,22,29-30H,3,7,11-13,16-17H2,(H,37,38). The van der Waals surface area contributed by atoms with Gasteiger partial charge in [-0.15, -0.1) is 5.10 Å². The van der Waals surface area contributed by atoms with E-state index in [9.17, 15) is 9.18 Å². The molecule has 0 radical (unpaired) electrons. The second-order valence-corrected chi connectivity index (χ2v) is 9.68. The Bertz CT molecular complexity index is 1450. The number of carboxylic acid groups (broad SMARTS) is 1. The molecule has 3 N–H and O–H groups in total. The Kier molecular flexibility index (Phi) is 6.50. The molecular formula is C27H29FN8O2. The fourth-order valence-corrected chi connectivity index (χ4v) is 5.28. The minimum atomic E-state index is -1.01. The van der Waals surface area contributed by atoms with Gasteiger partial charge >= 0.3 is 6.09 Å².